The minimum atomic E-state index is -4.56. The SMILES string of the molecule is Cc1cc(Nc2nccc(C(F)(F)F)n2)cc(-c2ccc(N3CCCC[C@@H]3C(=O)O)nc2)c1. The van der Waals surface area contributed by atoms with Gasteiger partial charge in [0, 0.05) is 30.2 Å². The van der Waals surface area contributed by atoms with Gasteiger partial charge in [-0.2, -0.15) is 13.2 Å². The zero-order valence-electron chi connectivity index (χ0n) is 17.8. The number of piperidine rings is 1. The maximum atomic E-state index is 12.9. The first-order chi connectivity index (χ1) is 15.7. The number of carboxylic acid groups (broad SMARTS) is 1. The summed E-state index contributed by atoms with van der Waals surface area (Å²) >= 11 is 0. The summed E-state index contributed by atoms with van der Waals surface area (Å²) < 4.78 is 38.8. The van der Waals surface area contributed by atoms with Gasteiger partial charge in [0.15, 0.2) is 0 Å². The molecule has 1 aliphatic heterocycles. The molecule has 172 valence electrons. The van der Waals surface area contributed by atoms with Gasteiger partial charge in [0.2, 0.25) is 5.95 Å². The van der Waals surface area contributed by atoms with Crippen molar-refractivity contribution in [3.05, 3.63) is 60.0 Å². The van der Waals surface area contributed by atoms with Crippen molar-refractivity contribution in [1.29, 1.82) is 0 Å². The van der Waals surface area contributed by atoms with Crippen molar-refractivity contribution in [2.24, 2.45) is 0 Å². The van der Waals surface area contributed by atoms with Crippen molar-refractivity contribution < 1.29 is 23.1 Å². The topological polar surface area (TPSA) is 91.2 Å². The molecule has 0 unspecified atom stereocenters. The lowest BCUT2D eigenvalue weighted by molar-refractivity contribution is -0.141. The number of alkyl halides is 3. The lowest BCUT2D eigenvalue weighted by Crippen LogP contribution is -2.45. The molecule has 1 aliphatic rings. The zero-order valence-corrected chi connectivity index (χ0v) is 17.8. The van der Waals surface area contributed by atoms with E-state index in [1.807, 2.05) is 24.0 Å². The number of aliphatic carboxylic acids is 1. The molecule has 2 N–H and O–H groups in total. The van der Waals surface area contributed by atoms with E-state index < -0.39 is 23.9 Å². The third-order valence-corrected chi connectivity index (χ3v) is 5.44. The average molecular weight is 457 g/mol. The molecule has 0 radical (unpaired) electrons. The predicted octanol–water partition coefficient (Wildman–Crippen LogP) is 5.05. The van der Waals surface area contributed by atoms with Crippen LogP contribution in [0, 0.1) is 6.92 Å². The molecule has 4 rings (SSSR count). The number of anilines is 3. The maximum Gasteiger partial charge on any atom is 0.433 e. The number of halogens is 3. The zero-order chi connectivity index (χ0) is 23.6. The highest BCUT2D eigenvalue weighted by Crippen LogP contribution is 2.30. The maximum absolute atomic E-state index is 12.9. The van der Waals surface area contributed by atoms with Crippen LogP contribution in [0.4, 0.5) is 30.6 Å². The monoisotopic (exact) mass is 457 g/mol. The molecule has 0 saturated carbocycles. The van der Waals surface area contributed by atoms with Crippen molar-refractivity contribution in [3.63, 3.8) is 0 Å². The number of aromatic nitrogens is 3. The van der Waals surface area contributed by atoms with Gasteiger partial charge in [0.05, 0.1) is 0 Å². The number of nitrogens with zero attached hydrogens (tertiary/aromatic N) is 4. The largest absolute Gasteiger partial charge is 0.480 e. The van der Waals surface area contributed by atoms with Crippen molar-refractivity contribution in [2.75, 3.05) is 16.8 Å². The molecule has 1 fully saturated rings. The molecule has 33 heavy (non-hydrogen) atoms. The Morgan fingerprint density at radius 1 is 1.12 bits per heavy atom. The van der Waals surface area contributed by atoms with Gasteiger partial charge in [-0.1, -0.05) is 6.07 Å². The molecule has 1 saturated heterocycles. The minimum absolute atomic E-state index is 0.153. The number of carboxylic acids is 1. The Balaban J connectivity index is 1.57. The molecule has 3 heterocycles. The van der Waals surface area contributed by atoms with Crippen LogP contribution in [0.15, 0.2) is 48.8 Å². The highest BCUT2D eigenvalue weighted by atomic mass is 19.4. The smallest absolute Gasteiger partial charge is 0.433 e. The quantitative estimate of drug-likeness (QED) is 0.554. The van der Waals surface area contributed by atoms with E-state index in [0.29, 0.717) is 24.5 Å². The fraction of sp³-hybridized carbons (Fsp3) is 0.304. The second-order valence-corrected chi connectivity index (χ2v) is 7.92. The number of hydrogen-bond acceptors (Lipinski definition) is 6. The van der Waals surface area contributed by atoms with Gasteiger partial charge < -0.3 is 15.3 Å². The van der Waals surface area contributed by atoms with Gasteiger partial charge in [-0.25, -0.2) is 19.7 Å². The number of aryl methyl sites for hydroxylation is 1. The van der Waals surface area contributed by atoms with E-state index in [0.717, 1.165) is 41.8 Å². The van der Waals surface area contributed by atoms with E-state index in [2.05, 4.69) is 20.3 Å². The Labute approximate surface area is 188 Å². The molecular formula is C23H22F3N5O2. The molecule has 0 amide bonds. The summed E-state index contributed by atoms with van der Waals surface area (Å²) in [4.78, 5) is 25.3. The van der Waals surface area contributed by atoms with Crippen molar-refractivity contribution >= 4 is 23.4 Å². The Kier molecular flexibility index (Phi) is 6.17. The van der Waals surface area contributed by atoms with E-state index in [-0.39, 0.29) is 5.95 Å². The molecule has 0 spiro atoms. The average Bonchev–Trinajstić information content (AvgIpc) is 2.78. The normalized spacial score (nSPS) is 16.5. The molecule has 7 nitrogen and oxygen atoms in total. The van der Waals surface area contributed by atoms with Crippen LogP contribution >= 0.6 is 0 Å². The van der Waals surface area contributed by atoms with Gasteiger partial charge in [-0.3, -0.25) is 0 Å². The summed E-state index contributed by atoms with van der Waals surface area (Å²) in [5, 5.41) is 12.3. The molecule has 0 bridgehead atoms. The second-order valence-electron chi connectivity index (χ2n) is 7.92. The molecule has 1 atom stereocenters. The number of carbonyl (C=O) groups is 1. The number of benzene rings is 1. The molecule has 0 aliphatic carbocycles. The lowest BCUT2D eigenvalue weighted by atomic mass is 10.0. The third kappa shape index (κ3) is 5.21. The predicted molar refractivity (Wildman–Crippen MR) is 117 cm³/mol. The summed E-state index contributed by atoms with van der Waals surface area (Å²) in [6.07, 6.45) is 0.546. The van der Waals surface area contributed by atoms with Gasteiger partial charge >= 0.3 is 12.1 Å². The van der Waals surface area contributed by atoms with Gasteiger partial charge in [-0.15, -0.1) is 0 Å². The van der Waals surface area contributed by atoms with Crippen molar-refractivity contribution in [2.45, 2.75) is 38.4 Å². The number of pyridine rings is 1. The van der Waals surface area contributed by atoms with Crippen LogP contribution in [0.1, 0.15) is 30.5 Å². The highest BCUT2D eigenvalue weighted by molar-refractivity contribution is 5.78. The molecule has 2 aromatic heterocycles. The summed E-state index contributed by atoms with van der Waals surface area (Å²) in [7, 11) is 0. The van der Waals surface area contributed by atoms with Crippen LogP contribution in [0.3, 0.4) is 0 Å². The van der Waals surface area contributed by atoms with E-state index in [4.69, 9.17) is 0 Å². The summed E-state index contributed by atoms with van der Waals surface area (Å²) in [6.45, 7) is 2.51. The fourth-order valence-electron chi connectivity index (χ4n) is 3.92. The Morgan fingerprint density at radius 2 is 1.94 bits per heavy atom. The van der Waals surface area contributed by atoms with Crippen LogP contribution in [-0.2, 0) is 11.0 Å². The summed E-state index contributed by atoms with van der Waals surface area (Å²) in [5.41, 5.74) is 1.99. The van der Waals surface area contributed by atoms with E-state index in [9.17, 15) is 23.1 Å². The minimum Gasteiger partial charge on any atom is -0.480 e. The number of hydrogen-bond donors (Lipinski definition) is 2. The van der Waals surface area contributed by atoms with E-state index >= 15 is 0 Å². The third-order valence-electron chi connectivity index (χ3n) is 5.44. The Bertz CT molecular complexity index is 1150. The summed E-state index contributed by atoms with van der Waals surface area (Å²) in [6, 6.07) is 9.36. The Morgan fingerprint density at radius 3 is 2.64 bits per heavy atom. The van der Waals surface area contributed by atoms with Crippen LogP contribution in [0.5, 0.6) is 0 Å². The Hall–Kier alpha value is -3.69. The van der Waals surface area contributed by atoms with Crippen LogP contribution < -0.4 is 10.2 Å². The lowest BCUT2D eigenvalue weighted by Gasteiger charge is -2.33. The molecular weight excluding hydrogens is 435 g/mol. The van der Waals surface area contributed by atoms with Crippen LogP contribution in [-0.4, -0.2) is 38.6 Å². The number of rotatable bonds is 5. The van der Waals surface area contributed by atoms with Crippen molar-refractivity contribution in [3.8, 4) is 11.1 Å². The van der Waals surface area contributed by atoms with Crippen LogP contribution in [0.25, 0.3) is 11.1 Å². The highest BCUT2D eigenvalue weighted by Gasteiger charge is 2.33. The van der Waals surface area contributed by atoms with Gasteiger partial charge in [0.25, 0.3) is 0 Å². The van der Waals surface area contributed by atoms with Crippen molar-refractivity contribution in [1.82, 2.24) is 15.0 Å². The van der Waals surface area contributed by atoms with Crippen LogP contribution in [0.2, 0.25) is 0 Å². The first-order valence-corrected chi connectivity index (χ1v) is 10.5. The first-order valence-electron chi connectivity index (χ1n) is 10.5. The molecule has 1 aromatic carbocycles. The fourth-order valence-corrected chi connectivity index (χ4v) is 3.92. The number of nitrogens with one attached hydrogen (secondary N) is 1. The standard InChI is InChI=1S/C23H22F3N5O2/c1-14-10-16(12-17(11-14)29-22-27-8-7-19(30-22)23(24,25)26)15-5-6-20(28-13-15)31-9-3-2-4-18(31)21(32)33/h5-8,10-13,18H,2-4,9H2,1H3,(H,32,33)(H,27,29,30)/t18-/m1/s1. The molecule has 10 heteroatoms. The second kappa shape index (κ2) is 9.05. The first kappa shape index (κ1) is 22.5. The van der Waals surface area contributed by atoms with E-state index in [1.54, 1.807) is 24.4 Å². The van der Waals surface area contributed by atoms with Gasteiger partial charge in [-0.05, 0) is 67.6 Å². The van der Waals surface area contributed by atoms with E-state index in [1.165, 1.54) is 0 Å². The summed E-state index contributed by atoms with van der Waals surface area (Å²) in [5.74, 6) is -0.402. The van der Waals surface area contributed by atoms with Gasteiger partial charge in [0.1, 0.15) is 17.6 Å². The molecule has 3 aromatic rings.